The van der Waals surface area contributed by atoms with Crippen LogP contribution in [0.2, 0.25) is 0 Å². The normalized spacial score (nSPS) is 17.4. The van der Waals surface area contributed by atoms with Gasteiger partial charge in [0.1, 0.15) is 11.6 Å². The summed E-state index contributed by atoms with van der Waals surface area (Å²) in [5.41, 5.74) is 0. The number of hydrogen-bond donors (Lipinski definition) is 0. The van der Waals surface area contributed by atoms with Gasteiger partial charge in [-0.2, -0.15) is 0 Å². The lowest BCUT2D eigenvalue weighted by Crippen LogP contribution is -2.15. The summed E-state index contributed by atoms with van der Waals surface area (Å²) in [6.45, 7) is 0.779. The van der Waals surface area contributed by atoms with E-state index in [2.05, 4.69) is 0 Å². The van der Waals surface area contributed by atoms with Crippen LogP contribution in [0, 0.1) is 15.3 Å². The maximum atomic E-state index is 13.0. The van der Waals surface area contributed by atoms with E-state index in [0.29, 0.717) is 9.49 Å². The molecule has 0 unspecified atom stereocenters. The predicted molar refractivity (Wildman–Crippen MR) is 71.2 cm³/mol. The highest BCUT2D eigenvalue weighted by atomic mass is 127. The van der Waals surface area contributed by atoms with E-state index < -0.39 is 0 Å². The summed E-state index contributed by atoms with van der Waals surface area (Å²) in [6.07, 6.45) is 6.57. The number of benzene rings is 1. The van der Waals surface area contributed by atoms with Gasteiger partial charge in [-0.05, 0) is 59.5 Å². The van der Waals surface area contributed by atoms with E-state index in [1.54, 1.807) is 12.1 Å². The molecule has 0 saturated heterocycles. The summed E-state index contributed by atoms with van der Waals surface area (Å²) in [6, 6.07) is 4.94. The monoisotopic (exact) mass is 334 g/mol. The third-order valence-corrected chi connectivity index (χ3v) is 3.93. The molecule has 2 rings (SSSR count). The quantitative estimate of drug-likeness (QED) is 0.745. The molecule has 1 aromatic carbocycles. The Bertz CT molecular complexity index is 348. The molecular formula is C13H16FIO. The van der Waals surface area contributed by atoms with Crippen molar-refractivity contribution in [1.29, 1.82) is 0 Å². The summed E-state index contributed by atoms with van der Waals surface area (Å²) in [7, 11) is 0. The van der Waals surface area contributed by atoms with Crippen LogP contribution in [0.5, 0.6) is 5.75 Å². The molecule has 1 fully saturated rings. The molecule has 0 heterocycles. The van der Waals surface area contributed by atoms with E-state index in [4.69, 9.17) is 4.74 Å². The van der Waals surface area contributed by atoms with Gasteiger partial charge in [-0.25, -0.2) is 4.39 Å². The second kappa shape index (κ2) is 5.84. The number of rotatable bonds is 3. The number of halogens is 2. The fourth-order valence-electron chi connectivity index (χ4n) is 2.13. The summed E-state index contributed by atoms with van der Waals surface area (Å²) in [5, 5.41) is 0. The minimum absolute atomic E-state index is 0.175. The molecule has 0 atom stereocenters. The first-order valence-corrected chi connectivity index (χ1v) is 6.91. The van der Waals surface area contributed by atoms with Crippen molar-refractivity contribution in [3.05, 3.63) is 27.6 Å². The number of ether oxygens (including phenoxy) is 1. The van der Waals surface area contributed by atoms with Gasteiger partial charge in [0.15, 0.2) is 0 Å². The maximum absolute atomic E-state index is 13.0. The summed E-state index contributed by atoms with van der Waals surface area (Å²) < 4.78 is 19.4. The topological polar surface area (TPSA) is 9.23 Å². The zero-order valence-corrected chi connectivity index (χ0v) is 11.4. The molecule has 1 aliphatic rings. The average molecular weight is 334 g/mol. The van der Waals surface area contributed by atoms with Crippen molar-refractivity contribution < 1.29 is 9.13 Å². The van der Waals surface area contributed by atoms with Gasteiger partial charge in [0.2, 0.25) is 0 Å². The van der Waals surface area contributed by atoms with E-state index in [0.717, 1.165) is 12.4 Å². The highest BCUT2D eigenvalue weighted by Crippen LogP contribution is 2.25. The van der Waals surface area contributed by atoms with Crippen LogP contribution in [0.15, 0.2) is 18.2 Å². The Morgan fingerprint density at radius 3 is 2.69 bits per heavy atom. The van der Waals surface area contributed by atoms with Crippen LogP contribution < -0.4 is 4.74 Å². The van der Waals surface area contributed by atoms with Crippen LogP contribution in [0.4, 0.5) is 4.39 Å². The minimum atomic E-state index is -0.175. The third kappa shape index (κ3) is 3.34. The Labute approximate surface area is 110 Å². The van der Waals surface area contributed by atoms with Crippen molar-refractivity contribution >= 4 is 22.6 Å². The van der Waals surface area contributed by atoms with Gasteiger partial charge in [0.25, 0.3) is 0 Å². The molecule has 0 aliphatic heterocycles. The fraction of sp³-hybridized carbons (Fsp3) is 0.538. The molecule has 0 aromatic heterocycles. The molecule has 0 N–H and O–H groups in total. The molecular weight excluding hydrogens is 318 g/mol. The van der Waals surface area contributed by atoms with Gasteiger partial charge >= 0.3 is 0 Å². The smallest absolute Gasteiger partial charge is 0.136 e. The van der Waals surface area contributed by atoms with Crippen LogP contribution >= 0.6 is 22.6 Å². The summed E-state index contributed by atoms with van der Waals surface area (Å²) in [4.78, 5) is 0. The molecule has 0 spiro atoms. The van der Waals surface area contributed by atoms with E-state index in [-0.39, 0.29) is 5.82 Å². The lowest BCUT2D eigenvalue weighted by molar-refractivity contribution is 0.208. The van der Waals surface area contributed by atoms with Crippen molar-refractivity contribution in [3.63, 3.8) is 0 Å². The first kappa shape index (κ1) is 12.1. The first-order chi connectivity index (χ1) is 7.75. The fourth-order valence-corrected chi connectivity index (χ4v) is 2.62. The van der Waals surface area contributed by atoms with Gasteiger partial charge in [-0.15, -0.1) is 0 Å². The minimum Gasteiger partial charge on any atom is -0.493 e. The maximum Gasteiger partial charge on any atom is 0.136 e. The van der Waals surface area contributed by atoms with Crippen LogP contribution in [0.25, 0.3) is 0 Å². The zero-order valence-electron chi connectivity index (χ0n) is 9.22. The molecule has 3 heteroatoms. The molecule has 1 aliphatic carbocycles. The van der Waals surface area contributed by atoms with E-state index in [1.165, 1.54) is 38.2 Å². The molecule has 0 radical (unpaired) electrons. The highest BCUT2D eigenvalue weighted by Gasteiger charge is 2.14. The standard InChI is InChI=1S/C13H16FIO/c14-12-7-6-11(8-13(12)15)16-9-10-4-2-1-3-5-10/h6-8,10H,1-5,9H2. The van der Waals surface area contributed by atoms with Crippen LogP contribution in [-0.4, -0.2) is 6.61 Å². The Balaban J connectivity index is 1.86. The molecule has 1 aromatic rings. The van der Waals surface area contributed by atoms with E-state index >= 15 is 0 Å². The van der Waals surface area contributed by atoms with Gasteiger partial charge in [-0.3, -0.25) is 0 Å². The largest absolute Gasteiger partial charge is 0.493 e. The predicted octanol–water partition coefficient (Wildman–Crippen LogP) is 4.39. The van der Waals surface area contributed by atoms with Gasteiger partial charge in [0, 0.05) is 0 Å². The van der Waals surface area contributed by atoms with Crippen molar-refractivity contribution in [2.45, 2.75) is 32.1 Å². The third-order valence-electron chi connectivity index (χ3n) is 3.10. The highest BCUT2D eigenvalue weighted by molar-refractivity contribution is 14.1. The lowest BCUT2D eigenvalue weighted by Gasteiger charge is -2.21. The molecule has 16 heavy (non-hydrogen) atoms. The second-order valence-electron chi connectivity index (χ2n) is 4.39. The van der Waals surface area contributed by atoms with Gasteiger partial charge in [0.05, 0.1) is 10.2 Å². The average Bonchev–Trinajstić information content (AvgIpc) is 2.32. The van der Waals surface area contributed by atoms with E-state index in [1.807, 2.05) is 22.6 Å². The van der Waals surface area contributed by atoms with Crippen molar-refractivity contribution in [3.8, 4) is 5.75 Å². The molecule has 0 bridgehead atoms. The Morgan fingerprint density at radius 2 is 2.00 bits per heavy atom. The SMILES string of the molecule is Fc1ccc(OCC2CCCCC2)cc1I. The van der Waals surface area contributed by atoms with E-state index in [9.17, 15) is 4.39 Å². The van der Waals surface area contributed by atoms with Gasteiger partial charge < -0.3 is 4.74 Å². The van der Waals surface area contributed by atoms with Crippen molar-refractivity contribution in [1.82, 2.24) is 0 Å². The lowest BCUT2D eigenvalue weighted by atomic mass is 9.90. The summed E-state index contributed by atoms with van der Waals surface area (Å²) in [5.74, 6) is 1.30. The van der Waals surface area contributed by atoms with Crippen LogP contribution in [0.3, 0.4) is 0 Å². The molecule has 0 amide bonds. The second-order valence-corrected chi connectivity index (χ2v) is 5.55. The van der Waals surface area contributed by atoms with Crippen LogP contribution in [0.1, 0.15) is 32.1 Å². The Kier molecular flexibility index (Phi) is 4.44. The molecule has 1 saturated carbocycles. The first-order valence-electron chi connectivity index (χ1n) is 5.83. The zero-order chi connectivity index (χ0) is 11.4. The Morgan fingerprint density at radius 1 is 1.25 bits per heavy atom. The number of hydrogen-bond acceptors (Lipinski definition) is 1. The van der Waals surface area contributed by atoms with Crippen molar-refractivity contribution in [2.75, 3.05) is 6.61 Å². The molecule has 88 valence electrons. The van der Waals surface area contributed by atoms with Gasteiger partial charge in [-0.1, -0.05) is 19.3 Å². The van der Waals surface area contributed by atoms with Crippen molar-refractivity contribution in [2.24, 2.45) is 5.92 Å². The summed E-state index contributed by atoms with van der Waals surface area (Å²) >= 11 is 1.99. The molecule has 1 nitrogen and oxygen atoms in total. The van der Waals surface area contributed by atoms with Crippen LogP contribution in [-0.2, 0) is 0 Å². The Hall–Kier alpha value is -0.320.